The molecule has 1 saturated heterocycles. The fraction of sp³-hybridized carbons (Fsp3) is 0.333. The lowest BCUT2D eigenvalue weighted by Crippen LogP contribution is -2.67. The molecule has 4 rings (SSSR count). The minimum absolute atomic E-state index is 0.0521. The van der Waals surface area contributed by atoms with Gasteiger partial charge in [0.1, 0.15) is 5.69 Å². The minimum atomic E-state index is -2.58. The Hall–Kier alpha value is -2.48. The molecular weight excluding hydrogens is 422 g/mol. The third-order valence-corrected chi connectivity index (χ3v) is 11.9. The van der Waals surface area contributed by atoms with Crippen LogP contribution in [-0.2, 0) is 4.43 Å². The van der Waals surface area contributed by atoms with Crippen molar-refractivity contribution in [2.45, 2.75) is 38.3 Å². The van der Waals surface area contributed by atoms with E-state index in [1.807, 2.05) is 0 Å². The summed E-state index contributed by atoms with van der Waals surface area (Å²) in [6.45, 7) is 8.51. The summed E-state index contributed by atoms with van der Waals surface area (Å²) < 4.78 is 7.22. The van der Waals surface area contributed by atoms with Gasteiger partial charge < -0.3 is 15.1 Å². The molecule has 1 amide bonds. The van der Waals surface area contributed by atoms with E-state index in [0.29, 0.717) is 5.69 Å². The number of benzene rings is 2. The number of carbonyl (C=O) groups is 1. The molecule has 162 valence electrons. The van der Waals surface area contributed by atoms with Crippen LogP contribution in [0.25, 0.3) is 0 Å². The van der Waals surface area contributed by atoms with Crippen LogP contribution in [0.4, 0.5) is 5.13 Å². The van der Waals surface area contributed by atoms with E-state index in [2.05, 4.69) is 91.3 Å². The maximum absolute atomic E-state index is 11.4. The molecule has 2 N–H and O–H groups in total. The highest BCUT2D eigenvalue weighted by Gasteiger charge is 2.52. The summed E-state index contributed by atoms with van der Waals surface area (Å²) in [5.41, 5.74) is 5.71. The van der Waals surface area contributed by atoms with Gasteiger partial charge in [0.25, 0.3) is 14.2 Å². The van der Waals surface area contributed by atoms with Gasteiger partial charge >= 0.3 is 0 Å². The van der Waals surface area contributed by atoms with Crippen LogP contribution in [0.5, 0.6) is 0 Å². The molecule has 3 aromatic rings. The van der Waals surface area contributed by atoms with Gasteiger partial charge in [-0.3, -0.25) is 4.79 Å². The lowest BCUT2D eigenvalue weighted by Gasteiger charge is -2.44. The van der Waals surface area contributed by atoms with E-state index in [0.717, 1.165) is 24.6 Å². The largest absolute Gasteiger partial charge is 0.403 e. The molecule has 7 heteroatoms. The molecule has 1 fully saturated rings. The second-order valence-corrected chi connectivity index (χ2v) is 14.1. The number of primary amides is 1. The number of rotatable bonds is 6. The molecule has 1 aliphatic rings. The highest BCUT2D eigenvalue weighted by molar-refractivity contribution is 7.14. The van der Waals surface area contributed by atoms with Crippen LogP contribution in [0.3, 0.4) is 0 Å². The van der Waals surface area contributed by atoms with Crippen molar-refractivity contribution in [1.82, 2.24) is 4.98 Å². The number of hydrogen-bond acceptors (Lipinski definition) is 5. The number of carbonyl (C=O) groups excluding carboxylic acids is 1. The molecule has 0 aliphatic carbocycles. The Morgan fingerprint density at radius 2 is 1.68 bits per heavy atom. The van der Waals surface area contributed by atoms with Crippen molar-refractivity contribution >= 4 is 41.1 Å². The summed E-state index contributed by atoms with van der Waals surface area (Å²) in [6.07, 6.45) is 1.02. The second kappa shape index (κ2) is 8.57. The number of amides is 1. The molecule has 0 saturated carbocycles. The van der Waals surface area contributed by atoms with Crippen LogP contribution in [0, 0.1) is 0 Å². The van der Waals surface area contributed by atoms with Crippen molar-refractivity contribution in [2.75, 3.05) is 18.0 Å². The SMILES string of the molecule is CC(C)(C)[Si](OC1CCN(c2nc(C(N)=O)cs2)C1)(c1ccccc1)c1ccccc1. The number of thiazole rings is 1. The second-order valence-electron chi connectivity index (χ2n) is 9.02. The Morgan fingerprint density at radius 1 is 1.10 bits per heavy atom. The molecule has 5 nitrogen and oxygen atoms in total. The van der Waals surface area contributed by atoms with Gasteiger partial charge in [-0.2, -0.15) is 0 Å². The van der Waals surface area contributed by atoms with Gasteiger partial charge in [-0.05, 0) is 21.8 Å². The molecule has 2 heterocycles. The molecule has 2 aromatic carbocycles. The molecule has 1 unspecified atom stereocenters. The van der Waals surface area contributed by atoms with Crippen LogP contribution >= 0.6 is 11.3 Å². The quantitative estimate of drug-likeness (QED) is 0.583. The Bertz CT molecular complexity index is 994. The van der Waals surface area contributed by atoms with Crippen LogP contribution < -0.4 is 21.0 Å². The summed E-state index contributed by atoms with van der Waals surface area (Å²) in [4.78, 5) is 18.1. The summed E-state index contributed by atoms with van der Waals surface area (Å²) in [5, 5.41) is 5.09. The molecule has 0 bridgehead atoms. The average molecular weight is 452 g/mol. The molecular formula is C24H29N3O2SSi. The third-order valence-electron chi connectivity index (χ3n) is 5.92. The average Bonchev–Trinajstić information content (AvgIpc) is 3.42. The summed E-state index contributed by atoms with van der Waals surface area (Å²) in [5.74, 6) is -0.484. The van der Waals surface area contributed by atoms with E-state index in [1.165, 1.54) is 21.7 Å². The van der Waals surface area contributed by atoms with E-state index in [9.17, 15) is 4.79 Å². The molecule has 0 radical (unpaired) electrons. The van der Waals surface area contributed by atoms with Crippen molar-refractivity contribution < 1.29 is 9.22 Å². The topological polar surface area (TPSA) is 68.4 Å². The van der Waals surface area contributed by atoms with Gasteiger partial charge in [-0.15, -0.1) is 11.3 Å². The fourth-order valence-corrected chi connectivity index (χ4v) is 10.0. The van der Waals surface area contributed by atoms with E-state index in [1.54, 1.807) is 5.38 Å². The lowest BCUT2D eigenvalue weighted by molar-refractivity contribution is 0.0996. The number of aromatic nitrogens is 1. The van der Waals surface area contributed by atoms with Crippen molar-refractivity contribution in [3.05, 3.63) is 71.7 Å². The summed E-state index contributed by atoms with van der Waals surface area (Å²) in [7, 11) is -2.58. The Morgan fingerprint density at radius 3 is 2.16 bits per heavy atom. The van der Waals surface area contributed by atoms with Gasteiger partial charge in [-0.1, -0.05) is 81.4 Å². The van der Waals surface area contributed by atoms with Crippen LogP contribution in [0.15, 0.2) is 66.0 Å². The zero-order valence-electron chi connectivity index (χ0n) is 18.2. The predicted octanol–water partition coefficient (Wildman–Crippen LogP) is 3.40. The first-order chi connectivity index (χ1) is 14.8. The van der Waals surface area contributed by atoms with Crippen molar-refractivity contribution in [1.29, 1.82) is 0 Å². The van der Waals surface area contributed by atoms with E-state index < -0.39 is 14.2 Å². The first-order valence-electron chi connectivity index (χ1n) is 10.6. The van der Waals surface area contributed by atoms with E-state index in [4.69, 9.17) is 10.2 Å². The molecule has 1 aliphatic heterocycles. The van der Waals surface area contributed by atoms with E-state index in [-0.39, 0.29) is 11.1 Å². The van der Waals surface area contributed by atoms with Gasteiger partial charge in [0.05, 0.1) is 6.10 Å². The highest BCUT2D eigenvalue weighted by Crippen LogP contribution is 2.39. The van der Waals surface area contributed by atoms with Crippen LogP contribution in [-0.4, -0.2) is 38.4 Å². The number of nitrogens with zero attached hydrogens (tertiary/aromatic N) is 2. The highest BCUT2D eigenvalue weighted by atomic mass is 32.1. The summed E-state index contributed by atoms with van der Waals surface area (Å²) >= 11 is 1.46. The van der Waals surface area contributed by atoms with Crippen molar-refractivity contribution in [3.8, 4) is 0 Å². The van der Waals surface area contributed by atoms with Gasteiger partial charge in [0, 0.05) is 18.5 Å². The first kappa shape index (κ1) is 21.7. The van der Waals surface area contributed by atoms with E-state index >= 15 is 0 Å². The molecule has 0 spiro atoms. The predicted molar refractivity (Wildman–Crippen MR) is 130 cm³/mol. The Balaban J connectivity index is 1.68. The molecule has 31 heavy (non-hydrogen) atoms. The minimum Gasteiger partial charge on any atom is -0.403 e. The first-order valence-corrected chi connectivity index (χ1v) is 13.4. The standard InChI is InChI=1S/C24H29N3O2SSi/c1-24(2,3)31(19-10-6-4-7-11-19,20-12-8-5-9-13-20)29-18-14-15-27(16-18)23-26-21(17-30-23)22(25)28/h4-13,17-18H,14-16H2,1-3H3,(H2,25,28). The third kappa shape index (κ3) is 4.17. The summed E-state index contributed by atoms with van der Waals surface area (Å²) in [6, 6.07) is 21.4. The van der Waals surface area contributed by atoms with Crippen LogP contribution in [0.2, 0.25) is 5.04 Å². The number of nitrogens with two attached hydrogens (primary N) is 1. The molecule has 1 atom stereocenters. The number of hydrogen-bond donors (Lipinski definition) is 1. The normalized spacial score (nSPS) is 17.1. The van der Waals surface area contributed by atoms with Gasteiger partial charge in [0.2, 0.25) is 0 Å². The van der Waals surface area contributed by atoms with Crippen LogP contribution in [0.1, 0.15) is 37.7 Å². The number of anilines is 1. The smallest absolute Gasteiger partial charge is 0.268 e. The maximum Gasteiger partial charge on any atom is 0.268 e. The molecule has 1 aromatic heterocycles. The lowest BCUT2D eigenvalue weighted by atomic mass is 10.2. The monoisotopic (exact) mass is 451 g/mol. The van der Waals surface area contributed by atoms with Gasteiger partial charge in [0.15, 0.2) is 5.13 Å². The Labute approximate surface area is 189 Å². The zero-order chi connectivity index (χ0) is 22.1. The maximum atomic E-state index is 11.4. The van der Waals surface area contributed by atoms with Crippen molar-refractivity contribution in [2.24, 2.45) is 5.73 Å². The zero-order valence-corrected chi connectivity index (χ0v) is 20.1. The Kier molecular flexibility index (Phi) is 6.01. The fourth-order valence-electron chi connectivity index (χ4n) is 4.46. The van der Waals surface area contributed by atoms with Crippen molar-refractivity contribution in [3.63, 3.8) is 0 Å². The van der Waals surface area contributed by atoms with Gasteiger partial charge in [-0.25, -0.2) is 4.98 Å².